The molecule has 18 heavy (non-hydrogen) atoms. The molecule has 0 bridgehead atoms. The molecule has 0 atom stereocenters. The number of hydrogen-bond acceptors (Lipinski definition) is 2. The first-order valence-electron chi connectivity index (χ1n) is 5.39. The van der Waals surface area contributed by atoms with Gasteiger partial charge in [0.05, 0.1) is 6.54 Å². The molecule has 2 rings (SSSR count). The zero-order valence-corrected chi connectivity index (χ0v) is 11.5. The van der Waals surface area contributed by atoms with Crippen molar-refractivity contribution in [3.05, 3.63) is 34.1 Å². The van der Waals surface area contributed by atoms with E-state index in [-0.39, 0.29) is 12.5 Å². The number of halogens is 2. The fraction of sp³-hybridized carbons (Fsp3) is 0.333. The molecule has 0 radical (unpaired) electrons. The molecule has 1 aromatic rings. The van der Waals surface area contributed by atoms with Gasteiger partial charge in [-0.1, -0.05) is 15.9 Å². The van der Waals surface area contributed by atoms with E-state index in [1.165, 1.54) is 12.1 Å². The Morgan fingerprint density at radius 2 is 2.00 bits per heavy atom. The molecule has 0 unspecified atom stereocenters. The maximum atomic E-state index is 13.2. The number of amides is 3. The Labute approximate surface area is 112 Å². The highest BCUT2D eigenvalue weighted by Crippen LogP contribution is 2.21. The first-order valence-corrected chi connectivity index (χ1v) is 6.18. The first-order chi connectivity index (χ1) is 8.29. The molecule has 1 heterocycles. The van der Waals surface area contributed by atoms with Gasteiger partial charge in [0.2, 0.25) is 0 Å². The summed E-state index contributed by atoms with van der Waals surface area (Å²) < 4.78 is 13.8. The van der Waals surface area contributed by atoms with E-state index in [4.69, 9.17) is 0 Å². The van der Waals surface area contributed by atoms with Crippen LogP contribution in [0.3, 0.4) is 0 Å². The number of rotatable bonds is 2. The van der Waals surface area contributed by atoms with Crippen LogP contribution in [0.4, 0.5) is 9.18 Å². The predicted molar refractivity (Wildman–Crippen MR) is 67.3 cm³/mol. The Hall–Kier alpha value is -1.43. The molecule has 96 valence electrons. The van der Waals surface area contributed by atoms with Crippen molar-refractivity contribution in [3.8, 4) is 0 Å². The topological polar surface area (TPSA) is 49.4 Å². The number of imide groups is 1. The lowest BCUT2D eigenvalue weighted by molar-refractivity contribution is -0.130. The summed E-state index contributed by atoms with van der Waals surface area (Å²) in [6.45, 7) is 3.33. The van der Waals surface area contributed by atoms with Gasteiger partial charge >= 0.3 is 6.03 Å². The van der Waals surface area contributed by atoms with Gasteiger partial charge in [-0.3, -0.25) is 9.69 Å². The molecule has 0 aliphatic carbocycles. The van der Waals surface area contributed by atoms with Crippen molar-refractivity contribution in [1.29, 1.82) is 0 Å². The molecule has 0 saturated carbocycles. The lowest BCUT2D eigenvalue weighted by Gasteiger charge is -2.16. The normalized spacial score (nSPS) is 18.1. The number of carbonyl (C=O) groups excluding carboxylic acids is 2. The molecular weight excluding hydrogens is 303 g/mol. The van der Waals surface area contributed by atoms with Crippen LogP contribution in [0.2, 0.25) is 0 Å². The summed E-state index contributed by atoms with van der Waals surface area (Å²) in [7, 11) is 0. The Bertz CT molecular complexity index is 511. The zero-order valence-electron chi connectivity index (χ0n) is 9.96. The Morgan fingerprint density at radius 1 is 1.33 bits per heavy atom. The predicted octanol–water partition coefficient (Wildman–Crippen LogP) is 2.42. The van der Waals surface area contributed by atoms with Gasteiger partial charge in [0.15, 0.2) is 0 Å². The second-order valence-corrected chi connectivity index (χ2v) is 5.64. The van der Waals surface area contributed by atoms with E-state index in [0.717, 1.165) is 4.90 Å². The number of urea groups is 1. The number of benzene rings is 1. The molecule has 1 aromatic carbocycles. The van der Waals surface area contributed by atoms with Crippen molar-refractivity contribution >= 4 is 27.9 Å². The zero-order chi connectivity index (χ0) is 13.5. The third-order valence-electron chi connectivity index (χ3n) is 2.71. The molecule has 3 amide bonds. The maximum Gasteiger partial charge on any atom is 0.325 e. The van der Waals surface area contributed by atoms with Gasteiger partial charge in [-0.05, 0) is 37.6 Å². The Balaban J connectivity index is 2.24. The van der Waals surface area contributed by atoms with Crippen molar-refractivity contribution in [2.75, 3.05) is 0 Å². The van der Waals surface area contributed by atoms with Crippen molar-refractivity contribution in [3.63, 3.8) is 0 Å². The second-order valence-electron chi connectivity index (χ2n) is 4.72. The van der Waals surface area contributed by atoms with E-state index in [9.17, 15) is 14.0 Å². The number of nitrogens with one attached hydrogen (secondary N) is 1. The maximum absolute atomic E-state index is 13.2. The number of hydrogen-bond donors (Lipinski definition) is 1. The van der Waals surface area contributed by atoms with Crippen LogP contribution in [-0.2, 0) is 11.3 Å². The summed E-state index contributed by atoms with van der Waals surface area (Å²) in [4.78, 5) is 24.7. The van der Waals surface area contributed by atoms with Crippen LogP contribution < -0.4 is 5.32 Å². The molecule has 1 fully saturated rings. The molecule has 6 heteroatoms. The van der Waals surface area contributed by atoms with Gasteiger partial charge in [0.1, 0.15) is 11.4 Å². The second kappa shape index (κ2) is 4.35. The Kier molecular flexibility index (Phi) is 3.14. The third kappa shape index (κ3) is 2.38. The Morgan fingerprint density at radius 3 is 2.50 bits per heavy atom. The summed E-state index contributed by atoms with van der Waals surface area (Å²) >= 11 is 3.17. The highest BCUT2D eigenvalue weighted by Gasteiger charge is 2.44. The van der Waals surface area contributed by atoms with E-state index in [1.807, 2.05) is 0 Å². The van der Waals surface area contributed by atoms with Gasteiger partial charge in [-0.2, -0.15) is 0 Å². The minimum Gasteiger partial charge on any atom is -0.324 e. The van der Waals surface area contributed by atoms with Crippen molar-refractivity contribution in [2.45, 2.75) is 25.9 Å². The lowest BCUT2D eigenvalue weighted by Crippen LogP contribution is -2.40. The van der Waals surface area contributed by atoms with Crippen LogP contribution in [0.25, 0.3) is 0 Å². The van der Waals surface area contributed by atoms with Gasteiger partial charge in [-0.15, -0.1) is 0 Å². The molecule has 0 aromatic heterocycles. The quantitative estimate of drug-likeness (QED) is 0.852. The van der Waals surface area contributed by atoms with E-state index >= 15 is 0 Å². The molecule has 1 aliphatic heterocycles. The molecule has 0 spiro atoms. The molecule has 1 aliphatic rings. The van der Waals surface area contributed by atoms with Crippen LogP contribution >= 0.6 is 15.9 Å². The third-order valence-corrected chi connectivity index (χ3v) is 3.17. The highest BCUT2D eigenvalue weighted by atomic mass is 79.9. The fourth-order valence-corrected chi connectivity index (χ4v) is 2.36. The monoisotopic (exact) mass is 314 g/mol. The van der Waals surface area contributed by atoms with Crippen molar-refractivity contribution in [1.82, 2.24) is 10.2 Å². The SMILES string of the molecule is CC1(C)NC(=O)N(Cc2cc(F)cc(Br)c2)C1=O. The van der Waals surface area contributed by atoms with E-state index < -0.39 is 17.4 Å². The standard InChI is InChI=1S/C12H12BrFN2O2/c1-12(2)10(17)16(11(18)15-12)6-7-3-8(13)5-9(14)4-7/h3-5H,6H2,1-2H3,(H,15,18). The highest BCUT2D eigenvalue weighted by molar-refractivity contribution is 9.10. The summed E-state index contributed by atoms with van der Waals surface area (Å²) in [5.74, 6) is -0.724. The summed E-state index contributed by atoms with van der Waals surface area (Å²) in [5.41, 5.74) is -0.343. The van der Waals surface area contributed by atoms with Crippen LogP contribution in [0.1, 0.15) is 19.4 Å². The smallest absolute Gasteiger partial charge is 0.324 e. The summed E-state index contributed by atoms with van der Waals surface area (Å²) in [6.07, 6.45) is 0. The van der Waals surface area contributed by atoms with E-state index in [1.54, 1.807) is 19.9 Å². The van der Waals surface area contributed by atoms with Gasteiger partial charge < -0.3 is 5.32 Å². The van der Waals surface area contributed by atoms with Crippen molar-refractivity contribution in [2.24, 2.45) is 0 Å². The average Bonchev–Trinajstić information content (AvgIpc) is 2.39. The largest absolute Gasteiger partial charge is 0.325 e. The molecular formula is C12H12BrFN2O2. The van der Waals surface area contributed by atoms with Crippen LogP contribution in [0.5, 0.6) is 0 Å². The van der Waals surface area contributed by atoms with Crippen LogP contribution in [-0.4, -0.2) is 22.4 Å². The van der Waals surface area contributed by atoms with Gasteiger partial charge in [-0.25, -0.2) is 9.18 Å². The molecule has 4 nitrogen and oxygen atoms in total. The van der Waals surface area contributed by atoms with E-state index in [0.29, 0.717) is 10.0 Å². The lowest BCUT2D eigenvalue weighted by atomic mass is 10.1. The molecule has 1 saturated heterocycles. The van der Waals surface area contributed by atoms with Gasteiger partial charge in [0, 0.05) is 4.47 Å². The first kappa shape index (κ1) is 13.0. The van der Waals surface area contributed by atoms with E-state index in [2.05, 4.69) is 21.2 Å². The summed E-state index contributed by atoms with van der Waals surface area (Å²) in [6, 6.07) is 3.84. The number of carbonyl (C=O) groups is 2. The average molecular weight is 315 g/mol. The van der Waals surface area contributed by atoms with Crippen molar-refractivity contribution < 1.29 is 14.0 Å². The van der Waals surface area contributed by atoms with Crippen LogP contribution in [0, 0.1) is 5.82 Å². The minimum atomic E-state index is -0.901. The summed E-state index contributed by atoms with van der Waals surface area (Å²) in [5, 5.41) is 2.57. The van der Waals surface area contributed by atoms with Crippen LogP contribution in [0.15, 0.2) is 22.7 Å². The number of nitrogens with zero attached hydrogens (tertiary/aromatic N) is 1. The minimum absolute atomic E-state index is 0.0600. The molecule has 1 N–H and O–H groups in total. The van der Waals surface area contributed by atoms with Gasteiger partial charge in [0.25, 0.3) is 5.91 Å². The fourth-order valence-electron chi connectivity index (χ4n) is 1.85.